The van der Waals surface area contributed by atoms with E-state index in [2.05, 4.69) is 0 Å². The van der Waals surface area contributed by atoms with Gasteiger partial charge in [0.15, 0.2) is 0 Å². The van der Waals surface area contributed by atoms with Gasteiger partial charge in [-0.2, -0.15) is 0 Å². The van der Waals surface area contributed by atoms with Crippen LogP contribution in [-0.4, -0.2) is 51.7 Å². The summed E-state index contributed by atoms with van der Waals surface area (Å²) in [5.41, 5.74) is 0. The second-order valence-electron chi connectivity index (χ2n) is 1.99. The Labute approximate surface area is 86.9 Å². The quantitative estimate of drug-likeness (QED) is 0.452. The minimum atomic E-state index is -0.870. The zero-order valence-corrected chi connectivity index (χ0v) is 5.54. The van der Waals surface area contributed by atoms with Gasteiger partial charge in [0.05, 0.1) is 0 Å². The van der Waals surface area contributed by atoms with E-state index >= 15 is 0 Å². The Balaban J connectivity index is 0. The van der Waals surface area contributed by atoms with Crippen molar-refractivity contribution in [3.63, 3.8) is 0 Å². The molecule has 0 unspecified atom stereocenters. The van der Waals surface area contributed by atoms with E-state index in [4.69, 9.17) is 10.2 Å². The van der Waals surface area contributed by atoms with Crippen molar-refractivity contribution in [2.45, 2.75) is 25.7 Å². The molecular formula is C6H11NaO4. The molecule has 5 heteroatoms. The molecule has 11 heavy (non-hydrogen) atoms. The van der Waals surface area contributed by atoms with Crippen LogP contribution in [0.5, 0.6) is 0 Å². The number of carbonyl (C=O) groups is 2. The summed E-state index contributed by atoms with van der Waals surface area (Å²) in [4.78, 5) is 19.8. The van der Waals surface area contributed by atoms with Crippen LogP contribution in [0.15, 0.2) is 0 Å². The molecule has 0 rings (SSSR count). The van der Waals surface area contributed by atoms with Crippen molar-refractivity contribution in [1.82, 2.24) is 0 Å². The summed E-state index contributed by atoms with van der Waals surface area (Å²) >= 11 is 0. The fourth-order valence-corrected chi connectivity index (χ4v) is 0.552. The molecule has 0 aliphatic rings. The minimum absolute atomic E-state index is 0. The first-order chi connectivity index (χ1) is 4.63. The van der Waals surface area contributed by atoms with E-state index in [0.717, 1.165) is 0 Å². The summed E-state index contributed by atoms with van der Waals surface area (Å²) in [5, 5.41) is 16.3. The standard InChI is InChI=1S/C6H10O4.Na.H/c7-5(8)3-1-2-4-6(9)10;;/h1-4H2,(H,7,8)(H,9,10);;. The number of hydrogen-bond acceptors (Lipinski definition) is 2. The fourth-order valence-electron chi connectivity index (χ4n) is 0.552. The van der Waals surface area contributed by atoms with Crippen LogP contribution in [0.25, 0.3) is 0 Å². The first-order valence-corrected chi connectivity index (χ1v) is 3.06. The molecule has 0 bridgehead atoms. The van der Waals surface area contributed by atoms with E-state index < -0.39 is 11.9 Å². The molecule has 0 saturated carbocycles. The van der Waals surface area contributed by atoms with Gasteiger partial charge in [0.2, 0.25) is 0 Å². The molecule has 0 aliphatic heterocycles. The van der Waals surface area contributed by atoms with E-state index in [0.29, 0.717) is 12.8 Å². The molecule has 60 valence electrons. The van der Waals surface area contributed by atoms with Crippen molar-refractivity contribution in [1.29, 1.82) is 0 Å². The first-order valence-electron chi connectivity index (χ1n) is 3.06. The monoisotopic (exact) mass is 170 g/mol. The maximum absolute atomic E-state index is 9.90. The molecule has 0 amide bonds. The fraction of sp³-hybridized carbons (Fsp3) is 0.667. The van der Waals surface area contributed by atoms with E-state index in [9.17, 15) is 9.59 Å². The zero-order chi connectivity index (χ0) is 7.98. The van der Waals surface area contributed by atoms with Gasteiger partial charge in [0, 0.05) is 12.8 Å². The van der Waals surface area contributed by atoms with Crippen LogP contribution in [0.4, 0.5) is 0 Å². The van der Waals surface area contributed by atoms with Gasteiger partial charge >= 0.3 is 41.5 Å². The van der Waals surface area contributed by atoms with Crippen molar-refractivity contribution in [3.8, 4) is 0 Å². The van der Waals surface area contributed by atoms with Crippen molar-refractivity contribution < 1.29 is 19.8 Å². The molecule has 2 N–H and O–H groups in total. The second kappa shape index (κ2) is 8.04. The van der Waals surface area contributed by atoms with Gasteiger partial charge in [-0.25, -0.2) is 0 Å². The summed E-state index contributed by atoms with van der Waals surface area (Å²) in [6.45, 7) is 0. The molecule has 0 heterocycles. The van der Waals surface area contributed by atoms with Gasteiger partial charge < -0.3 is 10.2 Å². The third kappa shape index (κ3) is 13.0. The van der Waals surface area contributed by atoms with Gasteiger partial charge in [-0.1, -0.05) is 0 Å². The molecule has 0 aromatic carbocycles. The van der Waals surface area contributed by atoms with Crippen LogP contribution in [0.3, 0.4) is 0 Å². The van der Waals surface area contributed by atoms with Crippen molar-refractivity contribution in [2.75, 3.05) is 0 Å². The third-order valence-electron chi connectivity index (χ3n) is 1.03. The summed E-state index contributed by atoms with van der Waals surface area (Å²) < 4.78 is 0. The summed E-state index contributed by atoms with van der Waals surface area (Å²) in [6, 6.07) is 0. The Morgan fingerprint density at radius 1 is 0.909 bits per heavy atom. The van der Waals surface area contributed by atoms with Crippen molar-refractivity contribution in [2.24, 2.45) is 0 Å². The summed E-state index contributed by atoms with van der Waals surface area (Å²) in [5.74, 6) is -1.74. The number of carboxylic acids is 2. The molecule has 0 aromatic heterocycles. The molecule has 0 fully saturated rings. The number of aliphatic carboxylic acids is 2. The van der Waals surface area contributed by atoms with Crippen LogP contribution >= 0.6 is 0 Å². The van der Waals surface area contributed by atoms with E-state index in [1.807, 2.05) is 0 Å². The van der Waals surface area contributed by atoms with Gasteiger partial charge in [-0.3, -0.25) is 9.59 Å². The number of rotatable bonds is 5. The number of hydrogen-bond donors (Lipinski definition) is 2. The maximum atomic E-state index is 9.90. The zero-order valence-electron chi connectivity index (χ0n) is 5.54. The summed E-state index contributed by atoms with van der Waals surface area (Å²) in [6.07, 6.45) is 1.02. The summed E-state index contributed by atoms with van der Waals surface area (Å²) in [7, 11) is 0. The molecule has 0 radical (unpaired) electrons. The number of carboxylic acid groups (broad SMARTS) is 2. The molecule has 0 atom stereocenters. The Kier molecular flexibility index (Phi) is 9.89. The predicted octanol–water partition coefficient (Wildman–Crippen LogP) is 0.0675. The Morgan fingerprint density at radius 2 is 1.18 bits per heavy atom. The Hall–Kier alpha value is -0.0600. The van der Waals surface area contributed by atoms with Crippen molar-refractivity contribution in [3.05, 3.63) is 0 Å². The normalized spacial score (nSPS) is 8.36. The van der Waals surface area contributed by atoms with E-state index in [-0.39, 0.29) is 42.4 Å². The third-order valence-corrected chi connectivity index (χ3v) is 1.03. The van der Waals surface area contributed by atoms with Gasteiger partial charge in [-0.15, -0.1) is 0 Å². The molecule has 0 spiro atoms. The second-order valence-corrected chi connectivity index (χ2v) is 1.99. The van der Waals surface area contributed by atoms with Crippen LogP contribution in [-0.2, 0) is 9.59 Å². The van der Waals surface area contributed by atoms with Gasteiger partial charge in [0.25, 0.3) is 0 Å². The number of unbranched alkanes of at least 4 members (excludes halogenated alkanes) is 1. The SMILES string of the molecule is O=C(O)CCCCC(=O)O.[NaH]. The van der Waals surface area contributed by atoms with Crippen LogP contribution in [0, 0.1) is 0 Å². The molecule has 0 saturated heterocycles. The van der Waals surface area contributed by atoms with Gasteiger partial charge in [0.1, 0.15) is 0 Å². The average molecular weight is 170 g/mol. The van der Waals surface area contributed by atoms with Crippen LogP contribution in [0.2, 0.25) is 0 Å². The van der Waals surface area contributed by atoms with Crippen molar-refractivity contribution >= 4 is 41.5 Å². The molecule has 4 nitrogen and oxygen atoms in total. The van der Waals surface area contributed by atoms with E-state index in [1.165, 1.54) is 0 Å². The predicted molar refractivity (Wildman–Crippen MR) is 40.9 cm³/mol. The van der Waals surface area contributed by atoms with Gasteiger partial charge in [-0.05, 0) is 12.8 Å². The Bertz CT molecular complexity index is 119. The Morgan fingerprint density at radius 3 is 1.36 bits per heavy atom. The average Bonchev–Trinajstić information content (AvgIpc) is 1.79. The topological polar surface area (TPSA) is 74.6 Å². The van der Waals surface area contributed by atoms with Crippen LogP contribution in [0.1, 0.15) is 25.7 Å². The first kappa shape index (κ1) is 13.5. The molecule has 0 aromatic rings. The van der Waals surface area contributed by atoms with E-state index in [1.54, 1.807) is 0 Å². The van der Waals surface area contributed by atoms with Crippen LogP contribution < -0.4 is 0 Å². The molecule has 0 aliphatic carbocycles. The molecular weight excluding hydrogens is 159 g/mol.